The van der Waals surface area contributed by atoms with Gasteiger partial charge >= 0.3 is 6.09 Å². The van der Waals surface area contributed by atoms with Crippen LogP contribution in [0.3, 0.4) is 0 Å². The molecule has 0 saturated carbocycles. The molecule has 6 nitrogen and oxygen atoms in total. The molecule has 1 aromatic rings. The number of pyridine rings is 1. The predicted molar refractivity (Wildman–Crippen MR) is 84.5 cm³/mol. The molecule has 0 saturated heterocycles. The van der Waals surface area contributed by atoms with E-state index in [1.807, 2.05) is 0 Å². The largest absolute Gasteiger partial charge is 0.444 e. The number of hydrogen-bond acceptors (Lipinski definition) is 4. The van der Waals surface area contributed by atoms with E-state index >= 15 is 0 Å². The standard InChI is InChI=1S/C15H22ClN3O3/c1-14(2,3)22-13(21)19-15(4,5)12(20)18-9-11-10(16)7-6-8-17-11/h6-8H,9H2,1-5H3,(H,18,20)(H,19,21). The zero-order valence-corrected chi connectivity index (χ0v) is 14.2. The van der Waals surface area contributed by atoms with Crippen LogP contribution in [0, 0.1) is 0 Å². The van der Waals surface area contributed by atoms with E-state index in [1.165, 1.54) is 0 Å². The maximum atomic E-state index is 12.2. The van der Waals surface area contributed by atoms with E-state index in [-0.39, 0.29) is 12.5 Å². The van der Waals surface area contributed by atoms with Crippen molar-refractivity contribution < 1.29 is 14.3 Å². The van der Waals surface area contributed by atoms with Crippen molar-refractivity contribution in [2.75, 3.05) is 0 Å². The lowest BCUT2D eigenvalue weighted by Crippen LogP contribution is -2.55. The Morgan fingerprint density at radius 1 is 1.27 bits per heavy atom. The summed E-state index contributed by atoms with van der Waals surface area (Å²) in [6.07, 6.45) is 0.945. The van der Waals surface area contributed by atoms with Gasteiger partial charge in [-0.25, -0.2) is 4.79 Å². The molecular formula is C15H22ClN3O3. The SMILES string of the molecule is CC(C)(C)OC(=O)NC(C)(C)C(=O)NCc1ncccc1Cl. The third kappa shape index (κ3) is 5.89. The van der Waals surface area contributed by atoms with E-state index in [0.717, 1.165) is 0 Å². The van der Waals surface area contributed by atoms with Crippen molar-refractivity contribution in [1.29, 1.82) is 0 Å². The normalized spacial score (nSPS) is 11.7. The number of hydrogen-bond donors (Lipinski definition) is 2. The fraction of sp³-hybridized carbons (Fsp3) is 0.533. The van der Waals surface area contributed by atoms with E-state index in [4.69, 9.17) is 16.3 Å². The van der Waals surface area contributed by atoms with Crippen molar-refractivity contribution in [3.05, 3.63) is 29.0 Å². The van der Waals surface area contributed by atoms with Gasteiger partial charge in [-0.05, 0) is 46.8 Å². The second kappa shape index (κ2) is 6.96. The van der Waals surface area contributed by atoms with Crippen LogP contribution in [-0.4, -0.2) is 28.1 Å². The highest BCUT2D eigenvalue weighted by molar-refractivity contribution is 6.31. The number of nitrogens with zero attached hydrogens (tertiary/aromatic N) is 1. The number of rotatable bonds is 4. The molecule has 0 bridgehead atoms. The first-order valence-corrected chi connectivity index (χ1v) is 7.28. The molecule has 0 aliphatic rings. The van der Waals surface area contributed by atoms with Gasteiger partial charge in [-0.15, -0.1) is 0 Å². The lowest BCUT2D eigenvalue weighted by molar-refractivity contribution is -0.126. The van der Waals surface area contributed by atoms with Crippen molar-refractivity contribution in [2.45, 2.75) is 52.3 Å². The summed E-state index contributed by atoms with van der Waals surface area (Å²) in [5.41, 5.74) is -1.19. The Hall–Kier alpha value is -1.82. The molecule has 1 heterocycles. The fourth-order valence-corrected chi connectivity index (χ4v) is 1.74. The monoisotopic (exact) mass is 327 g/mol. The lowest BCUT2D eigenvalue weighted by atomic mass is 10.1. The van der Waals surface area contributed by atoms with Crippen LogP contribution >= 0.6 is 11.6 Å². The van der Waals surface area contributed by atoms with Gasteiger partial charge < -0.3 is 15.4 Å². The smallest absolute Gasteiger partial charge is 0.408 e. The Morgan fingerprint density at radius 3 is 2.45 bits per heavy atom. The van der Waals surface area contributed by atoms with E-state index in [2.05, 4.69) is 15.6 Å². The molecule has 0 spiro atoms. The van der Waals surface area contributed by atoms with Crippen molar-refractivity contribution in [1.82, 2.24) is 15.6 Å². The molecule has 0 aliphatic heterocycles. The minimum absolute atomic E-state index is 0.179. The van der Waals surface area contributed by atoms with Gasteiger partial charge in [-0.3, -0.25) is 9.78 Å². The van der Waals surface area contributed by atoms with Gasteiger partial charge in [0.05, 0.1) is 17.3 Å². The van der Waals surface area contributed by atoms with Crippen LogP contribution in [0.1, 0.15) is 40.3 Å². The number of ether oxygens (including phenoxy) is 1. The number of amides is 2. The van der Waals surface area contributed by atoms with Gasteiger partial charge in [0.1, 0.15) is 11.1 Å². The second-order valence-electron chi connectivity index (χ2n) is 6.37. The highest BCUT2D eigenvalue weighted by atomic mass is 35.5. The lowest BCUT2D eigenvalue weighted by Gasteiger charge is -2.27. The van der Waals surface area contributed by atoms with Gasteiger partial charge in [-0.1, -0.05) is 11.6 Å². The zero-order chi connectivity index (χ0) is 17.0. The van der Waals surface area contributed by atoms with E-state index in [9.17, 15) is 9.59 Å². The van der Waals surface area contributed by atoms with E-state index in [1.54, 1.807) is 52.9 Å². The van der Waals surface area contributed by atoms with Crippen molar-refractivity contribution in [3.63, 3.8) is 0 Å². The number of halogens is 1. The first-order valence-electron chi connectivity index (χ1n) is 6.90. The first-order chi connectivity index (χ1) is 10.0. The van der Waals surface area contributed by atoms with Crippen LogP contribution < -0.4 is 10.6 Å². The number of nitrogens with one attached hydrogen (secondary N) is 2. The van der Waals surface area contributed by atoms with Crippen molar-refractivity contribution >= 4 is 23.6 Å². The van der Waals surface area contributed by atoms with Crippen molar-refractivity contribution in [2.24, 2.45) is 0 Å². The van der Waals surface area contributed by atoms with Crippen LogP contribution in [0.4, 0.5) is 4.79 Å². The Morgan fingerprint density at radius 2 is 1.91 bits per heavy atom. The average Bonchev–Trinajstić information content (AvgIpc) is 2.34. The van der Waals surface area contributed by atoms with Crippen LogP contribution in [0.25, 0.3) is 0 Å². The highest BCUT2D eigenvalue weighted by Gasteiger charge is 2.31. The Kier molecular flexibility index (Phi) is 5.77. The third-order valence-corrected chi connectivity index (χ3v) is 2.98. The van der Waals surface area contributed by atoms with Crippen LogP contribution in [-0.2, 0) is 16.1 Å². The third-order valence-electron chi connectivity index (χ3n) is 2.63. The summed E-state index contributed by atoms with van der Waals surface area (Å²) in [5.74, 6) is -0.361. The van der Waals surface area contributed by atoms with E-state index in [0.29, 0.717) is 10.7 Å². The number of alkyl carbamates (subject to hydrolysis) is 1. The number of carbonyl (C=O) groups excluding carboxylic acids is 2. The molecule has 22 heavy (non-hydrogen) atoms. The summed E-state index contributed by atoms with van der Waals surface area (Å²) in [5, 5.41) is 5.70. The van der Waals surface area contributed by atoms with Gasteiger partial charge in [0, 0.05) is 6.20 Å². The Balaban J connectivity index is 2.59. The molecular weight excluding hydrogens is 306 g/mol. The van der Waals surface area contributed by atoms with Gasteiger partial charge in [0.2, 0.25) is 5.91 Å². The zero-order valence-electron chi connectivity index (χ0n) is 13.5. The summed E-state index contributed by atoms with van der Waals surface area (Å²) in [6.45, 7) is 8.62. The molecule has 1 aromatic heterocycles. The molecule has 0 fully saturated rings. The highest BCUT2D eigenvalue weighted by Crippen LogP contribution is 2.13. The quantitative estimate of drug-likeness (QED) is 0.891. The minimum Gasteiger partial charge on any atom is -0.444 e. The Bertz CT molecular complexity index is 553. The van der Waals surface area contributed by atoms with Gasteiger partial charge in [0.25, 0.3) is 0 Å². The second-order valence-corrected chi connectivity index (χ2v) is 6.77. The van der Waals surface area contributed by atoms with Gasteiger partial charge in [0.15, 0.2) is 0 Å². The molecule has 0 aromatic carbocycles. The molecule has 2 amide bonds. The summed E-state index contributed by atoms with van der Waals surface area (Å²) < 4.78 is 5.14. The first kappa shape index (κ1) is 18.2. The molecule has 2 N–H and O–H groups in total. The van der Waals surface area contributed by atoms with Crippen LogP contribution in [0.15, 0.2) is 18.3 Å². The minimum atomic E-state index is -1.12. The average molecular weight is 328 g/mol. The van der Waals surface area contributed by atoms with Crippen LogP contribution in [0.5, 0.6) is 0 Å². The molecule has 0 radical (unpaired) electrons. The molecule has 1 rings (SSSR count). The topological polar surface area (TPSA) is 80.3 Å². The summed E-state index contributed by atoms with van der Waals surface area (Å²) in [7, 11) is 0. The van der Waals surface area contributed by atoms with Crippen molar-refractivity contribution in [3.8, 4) is 0 Å². The molecule has 0 aliphatic carbocycles. The number of carbonyl (C=O) groups is 2. The molecule has 0 atom stereocenters. The van der Waals surface area contributed by atoms with Gasteiger partial charge in [-0.2, -0.15) is 0 Å². The predicted octanol–water partition coefficient (Wildman–Crippen LogP) is 2.65. The van der Waals surface area contributed by atoms with Crippen LogP contribution in [0.2, 0.25) is 5.02 Å². The fourth-order valence-electron chi connectivity index (χ4n) is 1.55. The Labute approximate surface area is 135 Å². The summed E-state index contributed by atoms with van der Waals surface area (Å²) in [6, 6.07) is 3.40. The molecule has 0 unspecified atom stereocenters. The maximum Gasteiger partial charge on any atom is 0.408 e. The maximum absolute atomic E-state index is 12.2. The molecule has 7 heteroatoms. The summed E-state index contributed by atoms with van der Waals surface area (Å²) >= 11 is 5.98. The molecule has 122 valence electrons. The van der Waals surface area contributed by atoms with E-state index < -0.39 is 17.2 Å². The number of aromatic nitrogens is 1. The summed E-state index contributed by atoms with van der Waals surface area (Å²) in [4.78, 5) is 28.0.